The Morgan fingerprint density at radius 2 is 2.00 bits per heavy atom. The minimum atomic E-state index is 0.659. The summed E-state index contributed by atoms with van der Waals surface area (Å²) in [6, 6.07) is 8.26. The van der Waals surface area contributed by atoms with Crippen LogP contribution < -0.4 is 10.6 Å². The van der Waals surface area contributed by atoms with E-state index in [0.717, 1.165) is 19.1 Å². The predicted octanol–water partition coefficient (Wildman–Crippen LogP) is 1.52. The molecular formula is C13H21N3O. The van der Waals surface area contributed by atoms with Gasteiger partial charge in [0.15, 0.2) is 5.96 Å². The zero-order valence-corrected chi connectivity index (χ0v) is 10.8. The van der Waals surface area contributed by atoms with Crippen molar-refractivity contribution in [3.05, 3.63) is 35.4 Å². The smallest absolute Gasteiger partial charge is 0.190 e. The van der Waals surface area contributed by atoms with E-state index in [4.69, 9.17) is 4.74 Å². The van der Waals surface area contributed by atoms with Gasteiger partial charge in [0, 0.05) is 27.2 Å². The summed E-state index contributed by atoms with van der Waals surface area (Å²) < 4.78 is 5.45. The quantitative estimate of drug-likeness (QED) is 0.601. The Hall–Kier alpha value is -1.55. The molecule has 4 nitrogen and oxygen atoms in total. The van der Waals surface area contributed by atoms with Crippen LogP contribution in [0.5, 0.6) is 0 Å². The molecule has 0 aromatic heterocycles. The third kappa shape index (κ3) is 4.44. The van der Waals surface area contributed by atoms with E-state index in [2.05, 4.69) is 27.8 Å². The van der Waals surface area contributed by atoms with Crippen LogP contribution in [0, 0.1) is 0 Å². The van der Waals surface area contributed by atoms with Crippen LogP contribution in [0.4, 0.5) is 0 Å². The third-order valence-corrected chi connectivity index (χ3v) is 2.49. The highest BCUT2D eigenvalue weighted by molar-refractivity contribution is 5.79. The first-order valence-electron chi connectivity index (χ1n) is 5.84. The molecular weight excluding hydrogens is 214 g/mol. The van der Waals surface area contributed by atoms with Crippen LogP contribution in [0.3, 0.4) is 0 Å². The minimum absolute atomic E-state index is 0.659. The van der Waals surface area contributed by atoms with Crippen LogP contribution in [-0.4, -0.2) is 26.7 Å². The molecule has 17 heavy (non-hydrogen) atoms. The molecule has 0 saturated carbocycles. The lowest BCUT2D eigenvalue weighted by atomic mass is 10.1. The van der Waals surface area contributed by atoms with E-state index in [1.54, 1.807) is 7.05 Å². The number of hydrogen-bond donors (Lipinski definition) is 2. The summed E-state index contributed by atoms with van der Waals surface area (Å²) in [7, 11) is 3.60. The third-order valence-electron chi connectivity index (χ3n) is 2.49. The van der Waals surface area contributed by atoms with Crippen LogP contribution in [0.15, 0.2) is 29.3 Å². The fraction of sp³-hybridized carbons (Fsp3) is 0.462. The van der Waals surface area contributed by atoms with E-state index in [-0.39, 0.29) is 0 Å². The van der Waals surface area contributed by atoms with E-state index in [0.29, 0.717) is 6.61 Å². The Bertz CT molecular complexity index is 363. The average molecular weight is 235 g/mol. The Kier molecular flexibility index (Phi) is 6.10. The number of nitrogens with zero attached hydrogens (tertiary/aromatic N) is 1. The molecule has 0 aliphatic rings. The Morgan fingerprint density at radius 1 is 1.29 bits per heavy atom. The van der Waals surface area contributed by atoms with E-state index < -0.39 is 0 Å². The molecule has 0 unspecified atom stereocenters. The molecule has 4 heteroatoms. The van der Waals surface area contributed by atoms with Crippen LogP contribution in [-0.2, 0) is 17.9 Å². The van der Waals surface area contributed by atoms with Crippen molar-refractivity contribution < 1.29 is 4.74 Å². The fourth-order valence-electron chi connectivity index (χ4n) is 1.54. The monoisotopic (exact) mass is 235 g/mol. The summed E-state index contributed by atoms with van der Waals surface area (Å²) >= 11 is 0. The molecule has 0 atom stereocenters. The van der Waals surface area contributed by atoms with Gasteiger partial charge >= 0.3 is 0 Å². The van der Waals surface area contributed by atoms with Gasteiger partial charge in [0.05, 0.1) is 6.61 Å². The van der Waals surface area contributed by atoms with Gasteiger partial charge in [-0.3, -0.25) is 4.99 Å². The SMILES string of the molecule is CCOCc1ccccc1CNC(=NC)NC. The number of benzene rings is 1. The summed E-state index contributed by atoms with van der Waals surface area (Å²) in [4.78, 5) is 4.08. The maximum absolute atomic E-state index is 5.45. The average Bonchev–Trinajstić information content (AvgIpc) is 2.38. The number of rotatable bonds is 5. The van der Waals surface area contributed by atoms with Crippen molar-refractivity contribution in [2.45, 2.75) is 20.1 Å². The van der Waals surface area contributed by atoms with Gasteiger partial charge in [-0.15, -0.1) is 0 Å². The molecule has 0 radical (unpaired) electrons. The highest BCUT2D eigenvalue weighted by Crippen LogP contribution is 2.09. The van der Waals surface area contributed by atoms with Gasteiger partial charge in [0.1, 0.15) is 0 Å². The molecule has 0 saturated heterocycles. The molecule has 0 amide bonds. The fourth-order valence-corrected chi connectivity index (χ4v) is 1.54. The highest BCUT2D eigenvalue weighted by Gasteiger charge is 2.02. The molecule has 0 spiro atoms. The van der Waals surface area contributed by atoms with Crippen molar-refractivity contribution in [3.63, 3.8) is 0 Å². The van der Waals surface area contributed by atoms with Gasteiger partial charge in [-0.25, -0.2) is 0 Å². The van der Waals surface area contributed by atoms with Crippen molar-refractivity contribution in [2.75, 3.05) is 20.7 Å². The first kappa shape index (κ1) is 13.5. The highest BCUT2D eigenvalue weighted by atomic mass is 16.5. The van der Waals surface area contributed by atoms with Crippen LogP contribution in [0.2, 0.25) is 0 Å². The molecule has 0 fully saturated rings. The number of hydrogen-bond acceptors (Lipinski definition) is 2. The lowest BCUT2D eigenvalue weighted by Gasteiger charge is -2.12. The standard InChI is InChI=1S/C13H21N3O/c1-4-17-10-12-8-6-5-7-11(12)9-16-13(14-2)15-3/h5-8H,4,9-10H2,1-3H3,(H2,14,15,16). The zero-order chi connectivity index (χ0) is 12.5. The second-order valence-electron chi connectivity index (χ2n) is 3.58. The number of aliphatic imine (C=N–C) groups is 1. The summed E-state index contributed by atoms with van der Waals surface area (Å²) in [6.07, 6.45) is 0. The second kappa shape index (κ2) is 7.68. The van der Waals surface area contributed by atoms with Gasteiger partial charge in [-0.2, -0.15) is 0 Å². The molecule has 1 rings (SSSR count). The van der Waals surface area contributed by atoms with Crippen LogP contribution in [0.1, 0.15) is 18.1 Å². The molecule has 0 aliphatic heterocycles. The first-order valence-corrected chi connectivity index (χ1v) is 5.84. The molecule has 0 heterocycles. The maximum Gasteiger partial charge on any atom is 0.190 e. The van der Waals surface area contributed by atoms with Gasteiger partial charge in [0.25, 0.3) is 0 Å². The predicted molar refractivity (Wildman–Crippen MR) is 71.0 cm³/mol. The summed E-state index contributed by atoms with van der Waals surface area (Å²) in [5, 5.41) is 6.23. The molecule has 1 aromatic carbocycles. The first-order chi connectivity index (χ1) is 8.31. The van der Waals surface area contributed by atoms with Crippen molar-refractivity contribution in [1.29, 1.82) is 0 Å². The molecule has 0 aliphatic carbocycles. The lowest BCUT2D eigenvalue weighted by molar-refractivity contribution is 0.133. The number of guanidine groups is 1. The van der Waals surface area contributed by atoms with Gasteiger partial charge < -0.3 is 15.4 Å². The second-order valence-corrected chi connectivity index (χ2v) is 3.58. The van der Waals surface area contributed by atoms with E-state index in [1.165, 1.54) is 11.1 Å². The molecule has 2 N–H and O–H groups in total. The lowest BCUT2D eigenvalue weighted by Crippen LogP contribution is -2.34. The number of ether oxygens (including phenoxy) is 1. The largest absolute Gasteiger partial charge is 0.377 e. The Morgan fingerprint density at radius 3 is 2.59 bits per heavy atom. The minimum Gasteiger partial charge on any atom is -0.377 e. The van der Waals surface area contributed by atoms with Crippen molar-refractivity contribution in [1.82, 2.24) is 10.6 Å². The van der Waals surface area contributed by atoms with E-state index in [9.17, 15) is 0 Å². The number of nitrogens with one attached hydrogen (secondary N) is 2. The molecule has 0 bridgehead atoms. The van der Waals surface area contributed by atoms with Gasteiger partial charge in [0.2, 0.25) is 0 Å². The van der Waals surface area contributed by atoms with E-state index >= 15 is 0 Å². The van der Waals surface area contributed by atoms with Crippen molar-refractivity contribution in [3.8, 4) is 0 Å². The summed E-state index contributed by atoms with van der Waals surface area (Å²) in [5.74, 6) is 0.788. The zero-order valence-electron chi connectivity index (χ0n) is 10.8. The van der Waals surface area contributed by atoms with E-state index in [1.807, 2.05) is 26.1 Å². The summed E-state index contributed by atoms with van der Waals surface area (Å²) in [5.41, 5.74) is 2.45. The van der Waals surface area contributed by atoms with Crippen LogP contribution >= 0.6 is 0 Å². The topological polar surface area (TPSA) is 45.6 Å². The van der Waals surface area contributed by atoms with Gasteiger partial charge in [-0.05, 0) is 18.1 Å². The maximum atomic E-state index is 5.45. The Labute approximate surface area is 103 Å². The molecule has 1 aromatic rings. The normalized spacial score (nSPS) is 11.4. The van der Waals surface area contributed by atoms with Crippen LogP contribution in [0.25, 0.3) is 0 Å². The Balaban J connectivity index is 2.63. The van der Waals surface area contributed by atoms with Gasteiger partial charge in [-0.1, -0.05) is 24.3 Å². The van der Waals surface area contributed by atoms with Crippen molar-refractivity contribution in [2.24, 2.45) is 4.99 Å². The molecule has 94 valence electrons. The van der Waals surface area contributed by atoms with Crippen molar-refractivity contribution >= 4 is 5.96 Å². The summed E-state index contributed by atoms with van der Waals surface area (Å²) in [6.45, 7) is 4.15.